The lowest BCUT2D eigenvalue weighted by molar-refractivity contribution is -0.383. The van der Waals surface area contributed by atoms with Crippen LogP contribution in [0.3, 0.4) is 0 Å². The van der Waals surface area contributed by atoms with Crippen molar-refractivity contribution in [1.29, 1.82) is 0 Å². The number of nitro groups is 1. The number of fused-ring (bicyclic) bond motifs is 1. The predicted octanol–water partition coefficient (Wildman–Crippen LogP) is 4.01. The third-order valence-electron chi connectivity index (χ3n) is 4.11. The number of anilines is 3. The Bertz CT molecular complexity index is 943. The average Bonchev–Trinajstić information content (AvgIpc) is 2.67. The maximum absolute atomic E-state index is 11.4. The summed E-state index contributed by atoms with van der Waals surface area (Å²) in [5.74, 6) is 0.571. The van der Waals surface area contributed by atoms with Crippen LogP contribution < -0.4 is 16.0 Å². The summed E-state index contributed by atoms with van der Waals surface area (Å²) in [6, 6.07) is 11.3. The predicted molar refractivity (Wildman–Crippen MR) is 108 cm³/mol. The molecule has 0 bridgehead atoms. The van der Waals surface area contributed by atoms with E-state index in [-0.39, 0.29) is 5.69 Å². The molecule has 0 saturated carbocycles. The monoisotopic (exact) mass is 366 g/mol. The third-order valence-corrected chi connectivity index (χ3v) is 4.11. The Morgan fingerprint density at radius 2 is 1.74 bits per heavy atom. The van der Waals surface area contributed by atoms with Crippen LogP contribution in [0.1, 0.15) is 19.4 Å². The number of hydrogen-bond acceptors (Lipinski definition) is 7. The Morgan fingerprint density at radius 1 is 1.00 bits per heavy atom. The van der Waals surface area contributed by atoms with Gasteiger partial charge in [-0.25, -0.2) is 9.97 Å². The third kappa shape index (κ3) is 4.22. The van der Waals surface area contributed by atoms with Gasteiger partial charge in [-0.1, -0.05) is 12.1 Å². The molecule has 1 aromatic heterocycles. The summed E-state index contributed by atoms with van der Waals surface area (Å²) in [6.45, 7) is 5.96. The number of nitrogens with one attached hydrogen (secondary N) is 3. The van der Waals surface area contributed by atoms with Crippen molar-refractivity contribution in [3.8, 4) is 0 Å². The molecule has 0 radical (unpaired) electrons. The van der Waals surface area contributed by atoms with Gasteiger partial charge in [0.15, 0.2) is 0 Å². The van der Waals surface area contributed by atoms with Gasteiger partial charge in [0.05, 0.1) is 10.4 Å². The van der Waals surface area contributed by atoms with Gasteiger partial charge in [-0.05, 0) is 37.6 Å². The second-order valence-corrected chi connectivity index (χ2v) is 5.98. The summed E-state index contributed by atoms with van der Waals surface area (Å²) in [7, 11) is 0. The molecule has 3 rings (SSSR count). The van der Waals surface area contributed by atoms with Crippen molar-refractivity contribution in [3.63, 3.8) is 0 Å². The lowest BCUT2D eigenvalue weighted by atomic mass is 10.1. The molecular formula is C19H22N6O2. The van der Waals surface area contributed by atoms with E-state index in [1.54, 1.807) is 6.07 Å². The largest absolute Gasteiger partial charge is 0.385 e. The van der Waals surface area contributed by atoms with Crippen LogP contribution in [0.15, 0.2) is 42.7 Å². The van der Waals surface area contributed by atoms with E-state index in [2.05, 4.69) is 32.8 Å². The first-order valence-electron chi connectivity index (χ1n) is 8.86. The topological polar surface area (TPSA) is 105 Å². The van der Waals surface area contributed by atoms with Gasteiger partial charge < -0.3 is 16.0 Å². The summed E-state index contributed by atoms with van der Waals surface area (Å²) in [5.41, 5.74) is 3.27. The summed E-state index contributed by atoms with van der Waals surface area (Å²) >= 11 is 0. The SMILES string of the molecule is CCNc1ccc(CNc2ncnc3cc(NCC)c([N+](=O)[O-])cc23)cc1. The Kier molecular flexibility index (Phi) is 5.65. The molecule has 27 heavy (non-hydrogen) atoms. The van der Waals surface area contributed by atoms with Gasteiger partial charge in [0.1, 0.15) is 17.8 Å². The highest BCUT2D eigenvalue weighted by Crippen LogP contribution is 2.32. The molecule has 0 aliphatic heterocycles. The van der Waals surface area contributed by atoms with E-state index in [4.69, 9.17) is 0 Å². The van der Waals surface area contributed by atoms with Crippen LogP contribution in [0.4, 0.5) is 22.9 Å². The highest BCUT2D eigenvalue weighted by atomic mass is 16.6. The molecule has 0 aliphatic rings. The molecule has 0 atom stereocenters. The van der Waals surface area contributed by atoms with Crippen LogP contribution in [0.2, 0.25) is 0 Å². The van der Waals surface area contributed by atoms with Crippen LogP contribution in [0, 0.1) is 10.1 Å². The van der Waals surface area contributed by atoms with Gasteiger partial charge in [0.2, 0.25) is 0 Å². The molecule has 0 saturated heterocycles. The van der Waals surface area contributed by atoms with Gasteiger partial charge in [0, 0.05) is 36.8 Å². The van der Waals surface area contributed by atoms with Crippen LogP contribution in [-0.2, 0) is 6.54 Å². The smallest absolute Gasteiger partial charge is 0.293 e. The highest BCUT2D eigenvalue weighted by molar-refractivity contribution is 5.94. The first-order valence-corrected chi connectivity index (χ1v) is 8.86. The first kappa shape index (κ1) is 18.4. The Balaban J connectivity index is 1.87. The van der Waals surface area contributed by atoms with Crippen LogP contribution in [0.25, 0.3) is 10.9 Å². The van der Waals surface area contributed by atoms with Crippen LogP contribution in [0.5, 0.6) is 0 Å². The molecule has 0 aliphatic carbocycles. The lowest BCUT2D eigenvalue weighted by Gasteiger charge is -2.11. The molecule has 140 valence electrons. The van der Waals surface area contributed by atoms with E-state index < -0.39 is 4.92 Å². The van der Waals surface area contributed by atoms with Crippen molar-refractivity contribution in [2.24, 2.45) is 0 Å². The van der Waals surface area contributed by atoms with Gasteiger partial charge in [-0.2, -0.15) is 0 Å². The molecular weight excluding hydrogens is 344 g/mol. The average molecular weight is 366 g/mol. The molecule has 0 unspecified atom stereocenters. The minimum Gasteiger partial charge on any atom is -0.385 e. The molecule has 8 nitrogen and oxygen atoms in total. The summed E-state index contributed by atoms with van der Waals surface area (Å²) < 4.78 is 0. The van der Waals surface area contributed by atoms with Crippen molar-refractivity contribution in [2.45, 2.75) is 20.4 Å². The van der Waals surface area contributed by atoms with Crippen LogP contribution in [-0.4, -0.2) is 28.0 Å². The second kappa shape index (κ2) is 8.31. The second-order valence-electron chi connectivity index (χ2n) is 5.98. The summed E-state index contributed by atoms with van der Waals surface area (Å²) in [4.78, 5) is 19.5. The zero-order valence-electron chi connectivity index (χ0n) is 15.3. The Hall–Kier alpha value is -3.42. The van der Waals surface area contributed by atoms with Gasteiger partial charge in [-0.3, -0.25) is 10.1 Å². The Labute approximate surface area is 157 Å². The zero-order chi connectivity index (χ0) is 19.2. The van der Waals surface area contributed by atoms with E-state index in [1.165, 1.54) is 12.4 Å². The van der Waals surface area contributed by atoms with E-state index in [0.29, 0.717) is 35.5 Å². The number of nitrogens with zero attached hydrogens (tertiary/aromatic N) is 3. The molecule has 2 aromatic carbocycles. The van der Waals surface area contributed by atoms with Crippen molar-refractivity contribution in [1.82, 2.24) is 9.97 Å². The quantitative estimate of drug-likeness (QED) is 0.408. The maximum atomic E-state index is 11.4. The fourth-order valence-electron chi connectivity index (χ4n) is 2.85. The van der Waals surface area contributed by atoms with Crippen molar-refractivity contribution >= 4 is 33.8 Å². The maximum Gasteiger partial charge on any atom is 0.293 e. The highest BCUT2D eigenvalue weighted by Gasteiger charge is 2.17. The first-order chi connectivity index (χ1) is 13.1. The van der Waals surface area contributed by atoms with E-state index in [1.807, 2.05) is 31.2 Å². The van der Waals surface area contributed by atoms with Crippen molar-refractivity contribution in [3.05, 3.63) is 58.4 Å². The minimum atomic E-state index is -0.395. The van der Waals surface area contributed by atoms with E-state index in [0.717, 1.165) is 17.8 Å². The fourth-order valence-corrected chi connectivity index (χ4v) is 2.85. The molecule has 1 heterocycles. The van der Waals surface area contributed by atoms with Gasteiger partial charge in [-0.15, -0.1) is 0 Å². The molecule has 8 heteroatoms. The number of aromatic nitrogens is 2. The van der Waals surface area contributed by atoms with Gasteiger partial charge in [0.25, 0.3) is 5.69 Å². The number of hydrogen-bond donors (Lipinski definition) is 3. The number of rotatable bonds is 8. The summed E-state index contributed by atoms with van der Waals surface area (Å²) in [6.07, 6.45) is 1.46. The van der Waals surface area contributed by atoms with Gasteiger partial charge >= 0.3 is 0 Å². The number of benzene rings is 2. The van der Waals surface area contributed by atoms with Crippen molar-refractivity contribution < 1.29 is 4.92 Å². The molecule has 0 amide bonds. The molecule has 0 fully saturated rings. The lowest BCUT2D eigenvalue weighted by Crippen LogP contribution is -2.05. The zero-order valence-corrected chi connectivity index (χ0v) is 15.3. The fraction of sp³-hybridized carbons (Fsp3) is 0.263. The normalized spacial score (nSPS) is 10.6. The summed E-state index contributed by atoms with van der Waals surface area (Å²) in [5, 5.41) is 21.6. The molecule has 3 N–H and O–H groups in total. The molecule has 3 aromatic rings. The number of nitro benzene ring substituents is 1. The van der Waals surface area contributed by atoms with E-state index >= 15 is 0 Å². The van der Waals surface area contributed by atoms with E-state index in [9.17, 15) is 10.1 Å². The standard InChI is InChI=1S/C19H22N6O2/c1-3-20-14-7-5-13(6-8-14)11-22-19-15-9-18(25(26)27)17(21-4-2)10-16(15)23-12-24-19/h5-10,12,20-21H,3-4,11H2,1-2H3,(H,22,23,24). The Morgan fingerprint density at radius 3 is 2.41 bits per heavy atom. The van der Waals surface area contributed by atoms with Crippen molar-refractivity contribution in [2.75, 3.05) is 29.0 Å². The minimum absolute atomic E-state index is 0.0113. The molecule has 0 spiro atoms. The van der Waals surface area contributed by atoms with Crippen LogP contribution >= 0.6 is 0 Å².